The van der Waals surface area contributed by atoms with Crippen molar-refractivity contribution in [3.8, 4) is 0 Å². The molecular formula is C13H23ClN2O3. The molecule has 2 aliphatic heterocycles. The van der Waals surface area contributed by atoms with E-state index in [1.165, 1.54) is 20.0 Å². The summed E-state index contributed by atoms with van der Waals surface area (Å²) >= 11 is 0. The highest BCUT2D eigenvalue weighted by Gasteiger charge is 2.34. The Morgan fingerprint density at radius 1 is 1.26 bits per heavy atom. The van der Waals surface area contributed by atoms with Gasteiger partial charge in [-0.1, -0.05) is 0 Å². The average molecular weight is 291 g/mol. The molecule has 2 heterocycles. The van der Waals surface area contributed by atoms with Crippen LogP contribution < -0.4 is 10.6 Å². The maximum Gasteiger partial charge on any atom is 0.307 e. The van der Waals surface area contributed by atoms with Crippen LogP contribution in [0.4, 0.5) is 0 Å². The summed E-state index contributed by atoms with van der Waals surface area (Å²) in [5, 5.41) is 6.35. The second kappa shape index (κ2) is 7.70. The minimum Gasteiger partial charge on any atom is -0.469 e. The molecule has 0 aliphatic carbocycles. The smallest absolute Gasteiger partial charge is 0.307 e. The first-order valence-corrected chi connectivity index (χ1v) is 6.77. The summed E-state index contributed by atoms with van der Waals surface area (Å²) in [5.74, 6) is 0.280. The van der Waals surface area contributed by atoms with E-state index in [1.54, 1.807) is 0 Å². The largest absolute Gasteiger partial charge is 0.469 e. The maximum absolute atomic E-state index is 11.7. The first-order chi connectivity index (χ1) is 8.67. The van der Waals surface area contributed by atoms with Crippen LogP contribution in [0.1, 0.15) is 38.5 Å². The van der Waals surface area contributed by atoms with E-state index < -0.39 is 0 Å². The van der Waals surface area contributed by atoms with Crippen molar-refractivity contribution in [1.29, 1.82) is 0 Å². The van der Waals surface area contributed by atoms with Crippen LogP contribution in [0.2, 0.25) is 0 Å². The first-order valence-electron chi connectivity index (χ1n) is 6.77. The lowest BCUT2D eigenvalue weighted by Crippen LogP contribution is -2.39. The number of ether oxygens (including phenoxy) is 1. The Balaban J connectivity index is 0.00000180. The normalized spacial score (nSPS) is 28.4. The van der Waals surface area contributed by atoms with Crippen LogP contribution in [0.25, 0.3) is 0 Å². The van der Waals surface area contributed by atoms with Crippen molar-refractivity contribution in [1.82, 2.24) is 10.6 Å². The summed E-state index contributed by atoms with van der Waals surface area (Å²) in [6.45, 7) is 0.378. The number of fused-ring (bicyclic) bond motifs is 2. The Bertz CT molecular complexity index is 313. The zero-order valence-corrected chi connectivity index (χ0v) is 12.1. The fourth-order valence-corrected chi connectivity index (χ4v) is 3.08. The van der Waals surface area contributed by atoms with Gasteiger partial charge in [0.15, 0.2) is 0 Å². The first kappa shape index (κ1) is 16.2. The third-order valence-corrected chi connectivity index (χ3v) is 3.92. The van der Waals surface area contributed by atoms with Gasteiger partial charge in [-0.05, 0) is 31.6 Å². The van der Waals surface area contributed by atoms with Gasteiger partial charge in [0.25, 0.3) is 0 Å². The predicted octanol–water partition coefficient (Wildman–Crippen LogP) is 1.01. The molecule has 2 saturated heterocycles. The Labute approximate surface area is 120 Å². The van der Waals surface area contributed by atoms with Crippen molar-refractivity contribution in [2.45, 2.75) is 50.6 Å². The molecule has 1 amide bonds. The molecule has 2 atom stereocenters. The van der Waals surface area contributed by atoms with Crippen molar-refractivity contribution in [3.05, 3.63) is 0 Å². The highest BCUT2D eigenvalue weighted by atomic mass is 35.5. The van der Waals surface area contributed by atoms with Crippen LogP contribution in [0.5, 0.6) is 0 Å². The molecule has 2 fully saturated rings. The Morgan fingerprint density at radius 2 is 1.89 bits per heavy atom. The Hall–Kier alpha value is -0.810. The Morgan fingerprint density at radius 3 is 2.47 bits per heavy atom. The minimum atomic E-state index is -0.282. The molecule has 2 N–H and O–H groups in total. The minimum absolute atomic E-state index is 0. The summed E-state index contributed by atoms with van der Waals surface area (Å²) in [7, 11) is 1.36. The zero-order chi connectivity index (χ0) is 13.0. The van der Waals surface area contributed by atoms with Crippen LogP contribution in [0.3, 0.4) is 0 Å². The molecule has 0 spiro atoms. The van der Waals surface area contributed by atoms with Gasteiger partial charge >= 0.3 is 5.97 Å². The second-order valence-electron chi connectivity index (χ2n) is 5.36. The number of carbonyl (C=O) groups excluding carboxylic acids is 2. The standard InChI is InChI=1S/C13H22N2O3.ClH/c1-18-13(17)4-5-14-12(16)8-9-6-10-2-3-11(7-9)15-10;/h9-11,15H,2-8H2,1H3,(H,14,16);1H. The number of methoxy groups -OCH3 is 1. The zero-order valence-electron chi connectivity index (χ0n) is 11.3. The van der Waals surface area contributed by atoms with Crippen LogP contribution >= 0.6 is 12.4 Å². The second-order valence-corrected chi connectivity index (χ2v) is 5.36. The molecule has 19 heavy (non-hydrogen) atoms. The van der Waals surface area contributed by atoms with Gasteiger partial charge in [0.1, 0.15) is 0 Å². The molecule has 0 aromatic rings. The highest BCUT2D eigenvalue weighted by Crippen LogP contribution is 2.32. The molecule has 110 valence electrons. The highest BCUT2D eigenvalue weighted by molar-refractivity contribution is 5.85. The fraction of sp³-hybridized carbons (Fsp3) is 0.846. The number of carbonyl (C=O) groups is 2. The van der Waals surface area contributed by atoms with E-state index in [1.807, 2.05) is 0 Å². The number of esters is 1. The van der Waals surface area contributed by atoms with E-state index in [9.17, 15) is 9.59 Å². The van der Waals surface area contributed by atoms with E-state index in [2.05, 4.69) is 15.4 Å². The number of hydrogen-bond donors (Lipinski definition) is 2. The fourth-order valence-electron chi connectivity index (χ4n) is 3.08. The predicted molar refractivity (Wildman–Crippen MR) is 74.2 cm³/mol. The maximum atomic E-state index is 11.7. The van der Waals surface area contributed by atoms with E-state index in [-0.39, 0.29) is 30.7 Å². The molecule has 2 unspecified atom stereocenters. The third kappa shape index (κ3) is 4.99. The van der Waals surface area contributed by atoms with Crippen LogP contribution in [-0.4, -0.2) is 37.6 Å². The summed E-state index contributed by atoms with van der Waals surface area (Å²) < 4.78 is 4.52. The number of amides is 1. The van der Waals surface area contributed by atoms with E-state index in [0.717, 1.165) is 12.8 Å². The van der Waals surface area contributed by atoms with Crippen molar-refractivity contribution < 1.29 is 14.3 Å². The number of halogens is 1. The molecule has 0 aromatic heterocycles. The summed E-state index contributed by atoms with van der Waals surface area (Å²) in [5.41, 5.74) is 0. The van der Waals surface area contributed by atoms with Crippen LogP contribution in [-0.2, 0) is 14.3 Å². The van der Waals surface area contributed by atoms with Crippen molar-refractivity contribution in [2.75, 3.05) is 13.7 Å². The monoisotopic (exact) mass is 290 g/mol. The lowest BCUT2D eigenvalue weighted by Gasteiger charge is -2.28. The summed E-state index contributed by atoms with van der Waals surface area (Å²) in [6, 6.07) is 1.24. The number of piperidine rings is 1. The third-order valence-electron chi connectivity index (χ3n) is 3.92. The lowest BCUT2D eigenvalue weighted by molar-refractivity contribution is -0.140. The van der Waals surface area contributed by atoms with Crippen molar-refractivity contribution in [3.63, 3.8) is 0 Å². The van der Waals surface area contributed by atoms with Crippen LogP contribution in [0.15, 0.2) is 0 Å². The topological polar surface area (TPSA) is 67.4 Å². The molecule has 6 heteroatoms. The van der Waals surface area contributed by atoms with Crippen molar-refractivity contribution in [2.24, 2.45) is 5.92 Å². The number of hydrogen-bond acceptors (Lipinski definition) is 4. The average Bonchev–Trinajstić information content (AvgIpc) is 2.68. The molecule has 5 nitrogen and oxygen atoms in total. The van der Waals surface area contributed by atoms with Gasteiger partial charge in [-0.3, -0.25) is 9.59 Å². The Kier molecular flexibility index (Phi) is 6.58. The summed E-state index contributed by atoms with van der Waals surface area (Å²) in [6.07, 6.45) is 5.58. The van der Waals surface area contributed by atoms with E-state index in [4.69, 9.17) is 0 Å². The van der Waals surface area contributed by atoms with E-state index >= 15 is 0 Å². The van der Waals surface area contributed by atoms with Gasteiger partial charge in [0.2, 0.25) is 5.91 Å². The number of rotatable bonds is 5. The van der Waals surface area contributed by atoms with E-state index in [0.29, 0.717) is 31.0 Å². The molecule has 2 bridgehead atoms. The van der Waals surface area contributed by atoms with Gasteiger partial charge in [-0.15, -0.1) is 12.4 Å². The van der Waals surface area contributed by atoms with Gasteiger partial charge < -0.3 is 15.4 Å². The molecule has 0 radical (unpaired) electrons. The van der Waals surface area contributed by atoms with Gasteiger partial charge in [-0.2, -0.15) is 0 Å². The van der Waals surface area contributed by atoms with Gasteiger partial charge in [0, 0.05) is 25.0 Å². The molecule has 2 rings (SSSR count). The lowest BCUT2D eigenvalue weighted by atomic mass is 9.89. The molecule has 2 aliphatic rings. The SMILES string of the molecule is COC(=O)CCNC(=O)CC1CC2CCC(C1)N2.Cl. The van der Waals surface area contributed by atoms with Gasteiger partial charge in [0.05, 0.1) is 13.5 Å². The number of nitrogens with one attached hydrogen (secondary N) is 2. The van der Waals surface area contributed by atoms with Gasteiger partial charge in [-0.25, -0.2) is 0 Å². The molecule has 0 aromatic carbocycles. The quantitative estimate of drug-likeness (QED) is 0.742. The molecular weight excluding hydrogens is 268 g/mol. The van der Waals surface area contributed by atoms with Crippen molar-refractivity contribution >= 4 is 24.3 Å². The van der Waals surface area contributed by atoms with Crippen LogP contribution in [0, 0.1) is 5.92 Å². The molecule has 0 saturated carbocycles. The summed E-state index contributed by atoms with van der Waals surface area (Å²) in [4.78, 5) is 22.6.